The summed E-state index contributed by atoms with van der Waals surface area (Å²) >= 11 is 5.84. The highest BCUT2D eigenvalue weighted by Gasteiger charge is 2.33. The maximum Gasteiger partial charge on any atom is 0.416 e. The van der Waals surface area contributed by atoms with Crippen molar-refractivity contribution in [2.24, 2.45) is 0 Å². The van der Waals surface area contributed by atoms with E-state index < -0.39 is 32.7 Å². The van der Waals surface area contributed by atoms with Gasteiger partial charge in [0.2, 0.25) is 10.0 Å². The van der Waals surface area contributed by atoms with Crippen LogP contribution in [0.2, 0.25) is 5.02 Å². The molecule has 11 heteroatoms. The van der Waals surface area contributed by atoms with E-state index in [2.05, 4.69) is 14.8 Å². The van der Waals surface area contributed by atoms with Gasteiger partial charge in [-0.25, -0.2) is 22.8 Å². The monoisotopic (exact) mass is 430 g/mol. The molecule has 3 aromatic rings. The Bertz CT molecular complexity index is 1070. The fourth-order valence-corrected chi connectivity index (χ4v) is 4.26. The van der Waals surface area contributed by atoms with Gasteiger partial charge in [-0.3, -0.25) is 0 Å². The molecular weight excluding hydrogens is 417 g/mol. The van der Waals surface area contributed by atoms with E-state index in [4.69, 9.17) is 11.6 Å². The Labute approximate surface area is 164 Å². The summed E-state index contributed by atoms with van der Waals surface area (Å²) in [4.78, 5) is 3.21. The maximum absolute atomic E-state index is 12.9. The van der Waals surface area contributed by atoms with Crippen molar-refractivity contribution in [2.75, 3.05) is 0 Å². The maximum atomic E-state index is 12.9. The molecule has 0 bridgehead atoms. The van der Waals surface area contributed by atoms with E-state index in [1.165, 1.54) is 17.3 Å². The number of halogens is 4. The molecule has 0 amide bonds. The SMILES string of the molecule is CC(NS(=O)(=O)c1cc(C(F)(F)F)ccc1Cl)c1ccc(-n2cncn2)cc1. The Kier molecular flexibility index (Phi) is 5.46. The third-order valence-corrected chi connectivity index (χ3v) is 5.98. The summed E-state index contributed by atoms with van der Waals surface area (Å²) in [5, 5.41) is 3.69. The number of rotatable bonds is 5. The Hall–Kier alpha value is -2.43. The summed E-state index contributed by atoms with van der Waals surface area (Å²) < 4.78 is 67.7. The summed E-state index contributed by atoms with van der Waals surface area (Å²) in [5.41, 5.74) is 0.231. The first kappa shape index (κ1) is 20.3. The normalized spacial score (nSPS) is 13.5. The minimum absolute atomic E-state index is 0.297. The van der Waals surface area contributed by atoms with Crippen molar-refractivity contribution in [1.82, 2.24) is 19.5 Å². The molecule has 0 radical (unpaired) electrons. The van der Waals surface area contributed by atoms with Gasteiger partial charge in [-0.2, -0.15) is 18.3 Å². The minimum Gasteiger partial charge on any atom is -0.223 e. The van der Waals surface area contributed by atoms with Crippen molar-refractivity contribution in [3.05, 3.63) is 71.3 Å². The molecule has 148 valence electrons. The molecule has 1 heterocycles. The molecule has 0 fully saturated rings. The molecule has 1 aromatic heterocycles. The smallest absolute Gasteiger partial charge is 0.223 e. The number of nitrogens with one attached hydrogen (secondary N) is 1. The van der Waals surface area contributed by atoms with Gasteiger partial charge in [0.25, 0.3) is 0 Å². The van der Waals surface area contributed by atoms with Crippen molar-refractivity contribution in [1.29, 1.82) is 0 Å². The zero-order valence-electron chi connectivity index (χ0n) is 14.4. The van der Waals surface area contributed by atoms with Crippen molar-refractivity contribution < 1.29 is 21.6 Å². The molecule has 0 aliphatic carbocycles. The molecule has 1 atom stereocenters. The highest BCUT2D eigenvalue weighted by molar-refractivity contribution is 7.89. The van der Waals surface area contributed by atoms with E-state index in [0.29, 0.717) is 11.6 Å². The molecular formula is C17H14ClF3N4O2S. The predicted octanol–water partition coefficient (Wildman–Crippen LogP) is 3.98. The van der Waals surface area contributed by atoms with E-state index >= 15 is 0 Å². The number of sulfonamides is 1. The van der Waals surface area contributed by atoms with E-state index in [-0.39, 0.29) is 5.02 Å². The second kappa shape index (κ2) is 7.53. The Morgan fingerprint density at radius 3 is 2.39 bits per heavy atom. The quantitative estimate of drug-likeness (QED) is 0.664. The van der Waals surface area contributed by atoms with Crippen LogP contribution in [0.3, 0.4) is 0 Å². The molecule has 0 aliphatic heterocycles. The second-order valence-corrected chi connectivity index (χ2v) is 8.01. The predicted molar refractivity (Wildman–Crippen MR) is 96.5 cm³/mol. The summed E-state index contributed by atoms with van der Waals surface area (Å²) in [6, 6.07) is 8.24. The Balaban J connectivity index is 1.84. The van der Waals surface area contributed by atoms with Crippen LogP contribution in [0, 0.1) is 0 Å². The zero-order chi connectivity index (χ0) is 20.5. The van der Waals surface area contributed by atoms with E-state index in [0.717, 1.165) is 17.8 Å². The number of hydrogen-bond donors (Lipinski definition) is 1. The van der Waals surface area contributed by atoms with Crippen LogP contribution in [0.1, 0.15) is 24.1 Å². The van der Waals surface area contributed by atoms with Gasteiger partial charge >= 0.3 is 6.18 Å². The van der Waals surface area contributed by atoms with E-state index in [9.17, 15) is 21.6 Å². The summed E-state index contributed by atoms with van der Waals surface area (Å²) in [7, 11) is -4.28. The highest BCUT2D eigenvalue weighted by atomic mass is 35.5. The lowest BCUT2D eigenvalue weighted by atomic mass is 10.1. The molecule has 2 aromatic carbocycles. The molecule has 6 nitrogen and oxygen atoms in total. The van der Waals surface area contributed by atoms with Crippen molar-refractivity contribution in [3.63, 3.8) is 0 Å². The number of alkyl halides is 3. The standard InChI is InChI=1S/C17H14ClF3N4O2S/c1-11(12-2-5-14(6-3-12)25-10-22-9-23-25)24-28(26,27)16-8-13(17(19,20)21)4-7-15(16)18/h2-11,24H,1H3. The Morgan fingerprint density at radius 1 is 1.14 bits per heavy atom. The first-order valence-electron chi connectivity index (χ1n) is 7.92. The third-order valence-electron chi connectivity index (χ3n) is 3.96. The van der Waals surface area contributed by atoms with Crippen molar-refractivity contribution in [2.45, 2.75) is 24.0 Å². The van der Waals surface area contributed by atoms with E-state index in [1.807, 2.05) is 0 Å². The van der Waals surface area contributed by atoms with Gasteiger partial charge in [0, 0.05) is 6.04 Å². The minimum atomic E-state index is -4.68. The summed E-state index contributed by atoms with van der Waals surface area (Å²) in [5.74, 6) is 0. The number of benzene rings is 2. The van der Waals surface area contributed by atoms with Crippen LogP contribution in [0.4, 0.5) is 13.2 Å². The lowest BCUT2D eigenvalue weighted by molar-refractivity contribution is -0.137. The van der Waals surface area contributed by atoms with Crippen LogP contribution >= 0.6 is 11.6 Å². The average Bonchev–Trinajstić information content (AvgIpc) is 3.15. The molecule has 0 aliphatic rings. The average molecular weight is 431 g/mol. The molecule has 0 saturated heterocycles. The lowest BCUT2D eigenvalue weighted by Gasteiger charge is -2.17. The van der Waals surface area contributed by atoms with Crippen molar-refractivity contribution in [3.8, 4) is 5.69 Å². The largest absolute Gasteiger partial charge is 0.416 e. The molecule has 1 unspecified atom stereocenters. The summed E-state index contributed by atoms with van der Waals surface area (Å²) in [6.07, 6.45) is -1.79. The number of nitrogens with zero attached hydrogens (tertiary/aromatic N) is 3. The van der Waals surface area contributed by atoms with Gasteiger partial charge in [0.1, 0.15) is 17.6 Å². The van der Waals surface area contributed by atoms with Crippen LogP contribution in [0.25, 0.3) is 5.69 Å². The first-order valence-corrected chi connectivity index (χ1v) is 9.78. The van der Waals surface area contributed by atoms with Gasteiger partial charge in [0.15, 0.2) is 0 Å². The van der Waals surface area contributed by atoms with Crippen molar-refractivity contribution >= 4 is 21.6 Å². The lowest BCUT2D eigenvalue weighted by Crippen LogP contribution is -2.27. The number of hydrogen-bond acceptors (Lipinski definition) is 4. The van der Waals surface area contributed by atoms with Crippen LogP contribution in [-0.2, 0) is 16.2 Å². The fraction of sp³-hybridized carbons (Fsp3) is 0.176. The molecule has 0 spiro atoms. The second-order valence-electron chi connectivity index (χ2n) is 5.92. The fourth-order valence-electron chi connectivity index (χ4n) is 2.51. The molecule has 0 saturated carbocycles. The van der Waals surface area contributed by atoms with Crippen LogP contribution in [0.15, 0.2) is 60.0 Å². The van der Waals surface area contributed by atoms with Gasteiger partial charge < -0.3 is 0 Å². The Morgan fingerprint density at radius 2 is 1.82 bits per heavy atom. The topological polar surface area (TPSA) is 76.9 Å². The van der Waals surface area contributed by atoms with Gasteiger partial charge in [-0.15, -0.1) is 0 Å². The van der Waals surface area contributed by atoms with Gasteiger partial charge in [0.05, 0.1) is 16.3 Å². The molecule has 1 N–H and O–H groups in total. The van der Waals surface area contributed by atoms with Crippen LogP contribution in [-0.4, -0.2) is 23.2 Å². The molecule has 28 heavy (non-hydrogen) atoms. The third kappa shape index (κ3) is 4.34. The van der Waals surface area contributed by atoms with Crippen LogP contribution < -0.4 is 4.72 Å². The van der Waals surface area contributed by atoms with E-state index in [1.54, 1.807) is 31.2 Å². The van der Waals surface area contributed by atoms with Gasteiger partial charge in [-0.05, 0) is 42.8 Å². The van der Waals surface area contributed by atoms with Gasteiger partial charge in [-0.1, -0.05) is 23.7 Å². The first-order chi connectivity index (χ1) is 13.1. The summed E-state index contributed by atoms with van der Waals surface area (Å²) in [6.45, 7) is 1.57. The number of aromatic nitrogens is 3. The van der Waals surface area contributed by atoms with Crippen LogP contribution in [0.5, 0.6) is 0 Å². The molecule has 3 rings (SSSR count). The highest BCUT2D eigenvalue weighted by Crippen LogP contribution is 2.33. The zero-order valence-corrected chi connectivity index (χ0v) is 15.9.